The van der Waals surface area contributed by atoms with Gasteiger partial charge in [0.15, 0.2) is 6.10 Å². The number of piperidine rings is 1. The number of benzene rings is 1. The Morgan fingerprint density at radius 1 is 1.38 bits per heavy atom. The number of halogens is 1. The molecule has 1 aromatic carbocycles. The van der Waals surface area contributed by atoms with Crippen LogP contribution in [0.3, 0.4) is 0 Å². The van der Waals surface area contributed by atoms with Gasteiger partial charge in [-0.2, -0.15) is 0 Å². The molecule has 3 atom stereocenters. The van der Waals surface area contributed by atoms with Crippen LogP contribution in [0.25, 0.3) is 0 Å². The summed E-state index contributed by atoms with van der Waals surface area (Å²) < 4.78 is 5.72. The third-order valence-corrected chi connectivity index (χ3v) is 4.65. The zero-order chi connectivity index (χ0) is 15.0. The minimum absolute atomic E-state index is 0.00868. The van der Waals surface area contributed by atoms with E-state index >= 15 is 0 Å². The topological polar surface area (TPSA) is 49.8 Å². The molecule has 3 rings (SSSR count). The van der Waals surface area contributed by atoms with E-state index in [2.05, 4.69) is 0 Å². The number of aliphatic hydroxyl groups excluding tert-OH is 1. The van der Waals surface area contributed by atoms with Gasteiger partial charge >= 0.3 is 0 Å². The average molecular weight is 310 g/mol. The van der Waals surface area contributed by atoms with E-state index in [0.29, 0.717) is 23.6 Å². The Hall–Kier alpha value is -1.26. The van der Waals surface area contributed by atoms with Crippen LogP contribution >= 0.6 is 11.6 Å². The number of aliphatic hydroxyl groups is 1. The highest BCUT2D eigenvalue weighted by molar-refractivity contribution is 6.30. The van der Waals surface area contributed by atoms with Gasteiger partial charge in [-0.05, 0) is 50.8 Å². The molecule has 0 saturated carbocycles. The van der Waals surface area contributed by atoms with E-state index in [0.717, 1.165) is 12.8 Å². The second-order valence-electron chi connectivity index (χ2n) is 5.97. The Labute approximate surface area is 129 Å². The predicted molar refractivity (Wildman–Crippen MR) is 80.4 cm³/mol. The van der Waals surface area contributed by atoms with E-state index in [1.807, 2.05) is 4.90 Å². The van der Waals surface area contributed by atoms with E-state index < -0.39 is 6.10 Å². The Balaban J connectivity index is 1.68. The molecular formula is C16H20ClNO3. The maximum atomic E-state index is 12.6. The smallest absolute Gasteiger partial charge is 0.263 e. The van der Waals surface area contributed by atoms with Crippen molar-refractivity contribution in [3.05, 3.63) is 29.3 Å². The molecule has 2 saturated heterocycles. The maximum Gasteiger partial charge on any atom is 0.263 e. The molecular weight excluding hydrogens is 290 g/mol. The van der Waals surface area contributed by atoms with Crippen molar-refractivity contribution in [2.75, 3.05) is 0 Å². The highest BCUT2D eigenvalue weighted by atomic mass is 35.5. The summed E-state index contributed by atoms with van der Waals surface area (Å²) in [6, 6.07) is 7.40. The second-order valence-corrected chi connectivity index (χ2v) is 6.41. The van der Waals surface area contributed by atoms with Gasteiger partial charge in [-0.3, -0.25) is 4.79 Å². The molecule has 3 unspecified atom stereocenters. The van der Waals surface area contributed by atoms with Gasteiger partial charge in [0.1, 0.15) is 5.75 Å². The Bertz CT molecular complexity index is 522. The van der Waals surface area contributed by atoms with Crippen molar-refractivity contribution in [2.24, 2.45) is 0 Å². The lowest BCUT2D eigenvalue weighted by molar-refractivity contribution is -0.144. The predicted octanol–water partition coefficient (Wildman–Crippen LogP) is 2.62. The fraction of sp³-hybridized carbons (Fsp3) is 0.562. The first-order valence-electron chi connectivity index (χ1n) is 7.47. The van der Waals surface area contributed by atoms with Gasteiger partial charge in [0.2, 0.25) is 0 Å². The largest absolute Gasteiger partial charge is 0.481 e. The normalized spacial score (nSPS) is 29.3. The lowest BCUT2D eigenvalue weighted by Gasteiger charge is -2.38. The Morgan fingerprint density at radius 2 is 2.05 bits per heavy atom. The van der Waals surface area contributed by atoms with Crippen molar-refractivity contribution in [1.82, 2.24) is 4.90 Å². The molecule has 2 fully saturated rings. The average Bonchev–Trinajstić information content (AvgIpc) is 2.70. The summed E-state index contributed by atoms with van der Waals surface area (Å²) >= 11 is 5.93. The van der Waals surface area contributed by atoms with Crippen LogP contribution in [-0.4, -0.2) is 40.2 Å². The van der Waals surface area contributed by atoms with Crippen LogP contribution in [0, 0.1) is 0 Å². The number of hydrogen-bond donors (Lipinski definition) is 1. The molecule has 2 heterocycles. The van der Waals surface area contributed by atoms with Crippen LogP contribution in [0.15, 0.2) is 24.3 Å². The summed E-state index contributed by atoms with van der Waals surface area (Å²) in [5, 5.41) is 10.4. The van der Waals surface area contributed by atoms with E-state index in [1.165, 1.54) is 0 Å². The fourth-order valence-corrected chi connectivity index (χ4v) is 3.69. The number of carbonyl (C=O) groups excluding carboxylic acids is 1. The quantitative estimate of drug-likeness (QED) is 0.934. The van der Waals surface area contributed by atoms with Gasteiger partial charge in [-0.15, -0.1) is 0 Å². The molecule has 5 heteroatoms. The number of hydrogen-bond acceptors (Lipinski definition) is 3. The van der Waals surface area contributed by atoms with E-state index in [1.54, 1.807) is 31.2 Å². The van der Waals surface area contributed by atoms with Crippen molar-refractivity contribution in [3.8, 4) is 5.75 Å². The van der Waals surface area contributed by atoms with Crippen molar-refractivity contribution in [2.45, 2.75) is 56.9 Å². The molecule has 0 aliphatic carbocycles. The molecule has 0 radical (unpaired) electrons. The molecule has 0 aromatic heterocycles. The fourth-order valence-electron chi connectivity index (χ4n) is 3.51. The molecule has 1 amide bonds. The third-order valence-electron chi connectivity index (χ3n) is 4.42. The van der Waals surface area contributed by atoms with Gasteiger partial charge in [-0.25, -0.2) is 0 Å². The van der Waals surface area contributed by atoms with Gasteiger partial charge in [0.25, 0.3) is 5.91 Å². The first kappa shape index (κ1) is 14.7. The molecule has 2 aliphatic heterocycles. The van der Waals surface area contributed by atoms with Gasteiger partial charge in [0.05, 0.1) is 6.10 Å². The van der Waals surface area contributed by atoms with Crippen LogP contribution in [0.4, 0.5) is 0 Å². The Morgan fingerprint density at radius 3 is 2.67 bits per heavy atom. The van der Waals surface area contributed by atoms with E-state index in [9.17, 15) is 9.90 Å². The van der Waals surface area contributed by atoms with Gasteiger partial charge < -0.3 is 14.7 Å². The number of ether oxygens (including phenoxy) is 1. The number of carbonyl (C=O) groups is 1. The highest BCUT2D eigenvalue weighted by Gasteiger charge is 2.44. The van der Waals surface area contributed by atoms with Crippen LogP contribution < -0.4 is 4.74 Å². The minimum Gasteiger partial charge on any atom is -0.481 e. The molecule has 2 aliphatic rings. The van der Waals surface area contributed by atoms with Crippen LogP contribution in [0.5, 0.6) is 5.75 Å². The van der Waals surface area contributed by atoms with Crippen LogP contribution in [0.1, 0.15) is 32.6 Å². The second kappa shape index (κ2) is 5.85. The monoisotopic (exact) mass is 309 g/mol. The summed E-state index contributed by atoms with van der Waals surface area (Å²) in [4.78, 5) is 14.6. The zero-order valence-corrected chi connectivity index (χ0v) is 12.8. The van der Waals surface area contributed by atoms with Crippen LogP contribution in [0.2, 0.25) is 5.02 Å². The minimum atomic E-state index is -0.540. The van der Waals surface area contributed by atoms with Gasteiger partial charge in [-0.1, -0.05) is 17.7 Å². The molecule has 114 valence electrons. The first-order valence-corrected chi connectivity index (χ1v) is 7.85. The molecule has 0 spiro atoms. The number of amides is 1. The van der Waals surface area contributed by atoms with Crippen molar-refractivity contribution in [1.29, 1.82) is 0 Å². The lowest BCUT2D eigenvalue weighted by atomic mass is 9.99. The van der Waals surface area contributed by atoms with Crippen LogP contribution in [-0.2, 0) is 4.79 Å². The molecule has 1 aromatic rings. The summed E-state index contributed by atoms with van der Waals surface area (Å²) in [6.45, 7) is 1.77. The van der Waals surface area contributed by atoms with Crippen molar-refractivity contribution < 1.29 is 14.6 Å². The number of nitrogens with zero attached hydrogens (tertiary/aromatic N) is 1. The van der Waals surface area contributed by atoms with E-state index in [-0.39, 0.29) is 24.1 Å². The summed E-state index contributed by atoms with van der Waals surface area (Å²) in [7, 11) is 0. The zero-order valence-electron chi connectivity index (χ0n) is 12.0. The highest BCUT2D eigenvalue weighted by Crippen LogP contribution is 2.36. The lowest BCUT2D eigenvalue weighted by Crippen LogP contribution is -2.52. The SMILES string of the molecule is CC(Oc1cccc(Cl)c1)C(=O)N1C2CCC1CC(O)C2. The van der Waals surface area contributed by atoms with Gasteiger partial charge in [0, 0.05) is 17.1 Å². The number of rotatable bonds is 3. The maximum absolute atomic E-state index is 12.6. The summed E-state index contributed by atoms with van der Waals surface area (Å²) in [5.74, 6) is 0.613. The number of fused-ring (bicyclic) bond motifs is 2. The summed E-state index contributed by atoms with van der Waals surface area (Å²) in [5.41, 5.74) is 0. The van der Waals surface area contributed by atoms with Crippen molar-refractivity contribution >= 4 is 17.5 Å². The molecule has 21 heavy (non-hydrogen) atoms. The standard InChI is InChI=1S/C16H20ClNO3/c1-10(21-15-4-2-3-11(17)7-15)16(20)18-12-5-6-13(18)9-14(19)8-12/h2-4,7,10,12-14,19H,5-6,8-9H2,1H3. The molecule has 4 nitrogen and oxygen atoms in total. The van der Waals surface area contributed by atoms with E-state index in [4.69, 9.17) is 16.3 Å². The third kappa shape index (κ3) is 3.01. The molecule has 1 N–H and O–H groups in total. The Kier molecular flexibility index (Phi) is 4.09. The van der Waals surface area contributed by atoms with Crippen molar-refractivity contribution in [3.63, 3.8) is 0 Å². The summed E-state index contributed by atoms with van der Waals surface area (Å²) in [6.07, 6.45) is 2.53. The first-order chi connectivity index (χ1) is 10.0. The molecule has 2 bridgehead atoms.